The molecule has 1 saturated carbocycles. The molecule has 3 rings (SSSR count). The molecule has 0 amide bonds. The Hall–Kier alpha value is -1.84. The summed E-state index contributed by atoms with van der Waals surface area (Å²) in [6, 6.07) is 5.20. The molecule has 1 fully saturated rings. The number of imidazole rings is 1. The van der Waals surface area contributed by atoms with Crippen LogP contribution in [-0.2, 0) is 13.0 Å². The summed E-state index contributed by atoms with van der Waals surface area (Å²) in [6.07, 6.45) is 6.10. The molecule has 1 aliphatic rings. The number of benzene rings is 1. The number of carbonyl (C=O) groups is 1. The Morgan fingerprint density at radius 3 is 2.85 bits per heavy atom. The highest BCUT2D eigenvalue weighted by Gasteiger charge is 2.19. The molecule has 20 heavy (non-hydrogen) atoms. The van der Waals surface area contributed by atoms with Crippen molar-refractivity contribution in [3.05, 3.63) is 29.6 Å². The first-order chi connectivity index (χ1) is 9.69. The summed E-state index contributed by atoms with van der Waals surface area (Å²) < 4.78 is 2.21. The first kappa shape index (κ1) is 13.2. The molecule has 0 bridgehead atoms. The van der Waals surface area contributed by atoms with Gasteiger partial charge < -0.3 is 9.67 Å². The Bertz CT molecular complexity index is 641. The van der Waals surface area contributed by atoms with Crippen LogP contribution in [0.5, 0.6) is 0 Å². The first-order valence-electron chi connectivity index (χ1n) is 7.41. The van der Waals surface area contributed by atoms with Crippen molar-refractivity contribution in [2.45, 2.75) is 45.6 Å². The zero-order valence-corrected chi connectivity index (χ0v) is 11.8. The van der Waals surface area contributed by atoms with Gasteiger partial charge in [-0.05, 0) is 30.5 Å². The van der Waals surface area contributed by atoms with Crippen LogP contribution in [0.3, 0.4) is 0 Å². The lowest BCUT2D eigenvalue weighted by Crippen LogP contribution is -2.15. The Balaban J connectivity index is 1.96. The molecule has 0 unspecified atom stereocenters. The maximum atomic E-state index is 11.1. The van der Waals surface area contributed by atoms with E-state index in [1.807, 2.05) is 6.07 Å². The fourth-order valence-electron chi connectivity index (χ4n) is 2.92. The molecule has 1 aliphatic carbocycles. The van der Waals surface area contributed by atoms with Crippen LogP contribution in [0.4, 0.5) is 0 Å². The number of carboxylic acid groups (broad SMARTS) is 1. The molecule has 4 heteroatoms. The normalized spacial score (nSPS) is 15.4. The van der Waals surface area contributed by atoms with E-state index < -0.39 is 5.97 Å². The van der Waals surface area contributed by atoms with Gasteiger partial charge in [-0.1, -0.05) is 26.2 Å². The van der Waals surface area contributed by atoms with E-state index >= 15 is 0 Å². The first-order valence-corrected chi connectivity index (χ1v) is 7.41. The molecule has 1 heterocycles. The van der Waals surface area contributed by atoms with E-state index in [2.05, 4.69) is 16.5 Å². The third-order valence-corrected chi connectivity index (χ3v) is 4.38. The number of aryl methyl sites for hydroxylation is 2. The van der Waals surface area contributed by atoms with Gasteiger partial charge in [-0.3, -0.25) is 0 Å². The minimum absolute atomic E-state index is 0.338. The van der Waals surface area contributed by atoms with Gasteiger partial charge in [0.05, 0.1) is 16.6 Å². The lowest BCUT2D eigenvalue weighted by atomic mass is 9.83. The fraction of sp³-hybridized carbons (Fsp3) is 0.500. The standard InChI is InChI=1S/C16H20N2O2/c1-2-15-17-13-7-6-12(16(19)20)10-14(13)18(15)9-8-11-4-3-5-11/h6-7,10-11H,2-5,8-9H2,1H3,(H,19,20). The Labute approximate surface area is 118 Å². The van der Waals surface area contributed by atoms with E-state index in [9.17, 15) is 4.79 Å². The zero-order valence-electron chi connectivity index (χ0n) is 11.8. The molecule has 1 N–H and O–H groups in total. The maximum absolute atomic E-state index is 11.1. The van der Waals surface area contributed by atoms with Crippen LogP contribution < -0.4 is 0 Å². The number of carboxylic acids is 1. The summed E-state index contributed by atoms with van der Waals surface area (Å²) in [5.41, 5.74) is 2.20. The Kier molecular flexibility index (Phi) is 3.47. The summed E-state index contributed by atoms with van der Waals surface area (Å²) in [5, 5.41) is 9.13. The predicted octanol–water partition coefficient (Wildman–Crippen LogP) is 3.49. The summed E-state index contributed by atoms with van der Waals surface area (Å²) in [4.78, 5) is 15.7. The molecular formula is C16H20N2O2. The number of aromatic carboxylic acids is 1. The third kappa shape index (κ3) is 2.30. The van der Waals surface area contributed by atoms with Gasteiger partial charge in [-0.2, -0.15) is 0 Å². The van der Waals surface area contributed by atoms with Crippen molar-refractivity contribution in [3.63, 3.8) is 0 Å². The van der Waals surface area contributed by atoms with Gasteiger partial charge in [0.25, 0.3) is 0 Å². The van der Waals surface area contributed by atoms with Crippen LogP contribution in [0, 0.1) is 5.92 Å². The van der Waals surface area contributed by atoms with Crippen LogP contribution in [0.15, 0.2) is 18.2 Å². The van der Waals surface area contributed by atoms with E-state index in [1.54, 1.807) is 12.1 Å². The number of fused-ring (bicyclic) bond motifs is 1. The Morgan fingerprint density at radius 2 is 2.25 bits per heavy atom. The van der Waals surface area contributed by atoms with Gasteiger partial charge in [0.1, 0.15) is 5.82 Å². The smallest absolute Gasteiger partial charge is 0.335 e. The maximum Gasteiger partial charge on any atom is 0.335 e. The highest BCUT2D eigenvalue weighted by atomic mass is 16.4. The quantitative estimate of drug-likeness (QED) is 0.906. The molecule has 0 radical (unpaired) electrons. The van der Waals surface area contributed by atoms with Crippen LogP contribution >= 0.6 is 0 Å². The van der Waals surface area contributed by atoms with Crippen molar-refractivity contribution >= 4 is 17.0 Å². The van der Waals surface area contributed by atoms with E-state index in [0.29, 0.717) is 5.56 Å². The summed E-state index contributed by atoms with van der Waals surface area (Å²) >= 11 is 0. The summed E-state index contributed by atoms with van der Waals surface area (Å²) in [5.74, 6) is 1.03. The summed E-state index contributed by atoms with van der Waals surface area (Å²) in [7, 11) is 0. The molecule has 1 aromatic carbocycles. The van der Waals surface area contributed by atoms with Crippen molar-refractivity contribution in [2.75, 3.05) is 0 Å². The fourth-order valence-corrected chi connectivity index (χ4v) is 2.92. The van der Waals surface area contributed by atoms with E-state index in [-0.39, 0.29) is 0 Å². The van der Waals surface area contributed by atoms with Crippen molar-refractivity contribution in [1.29, 1.82) is 0 Å². The highest BCUT2D eigenvalue weighted by molar-refractivity contribution is 5.92. The monoisotopic (exact) mass is 272 g/mol. The van der Waals surface area contributed by atoms with Crippen molar-refractivity contribution < 1.29 is 9.90 Å². The number of hydrogen-bond acceptors (Lipinski definition) is 2. The van der Waals surface area contributed by atoms with E-state index in [0.717, 1.165) is 35.7 Å². The number of aromatic nitrogens is 2. The molecule has 2 aromatic rings. The van der Waals surface area contributed by atoms with Crippen LogP contribution in [0.2, 0.25) is 0 Å². The average molecular weight is 272 g/mol. The second-order valence-corrected chi connectivity index (χ2v) is 5.63. The largest absolute Gasteiger partial charge is 0.478 e. The van der Waals surface area contributed by atoms with Gasteiger partial charge in [-0.15, -0.1) is 0 Å². The van der Waals surface area contributed by atoms with Gasteiger partial charge >= 0.3 is 5.97 Å². The molecule has 1 aromatic heterocycles. The molecule has 0 spiro atoms. The topological polar surface area (TPSA) is 55.1 Å². The lowest BCUT2D eigenvalue weighted by molar-refractivity contribution is 0.0697. The highest BCUT2D eigenvalue weighted by Crippen LogP contribution is 2.30. The second kappa shape index (κ2) is 5.27. The lowest BCUT2D eigenvalue weighted by Gasteiger charge is -2.25. The van der Waals surface area contributed by atoms with Gasteiger partial charge in [-0.25, -0.2) is 9.78 Å². The number of rotatable bonds is 5. The molecule has 4 nitrogen and oxygen atoms in total. The minimum atomic E-state index is -0.878. The molecular weight excluding hydrogens is 252 g/mol. The van der Waals surface area contributed by atoms with Crippen LogP contribution in [0.1, 0.15) is 48.8 Å². The zero-order chi connectivity index (χ0) is 14.1. The molecule has 0 saturated heterocycles. The predicted molar refractivity (Wildman–Crippen MR) is 78.0 cm³/mol. The third-order valence-electron chi connectivity index (χ3n) is 4.38. The number of nitrogens with zero attached hydrogens (tertiary/aromatic N) is 2. The SMILES string of the molecule is CCc1nc2ccc(C(=O)O)cc2n1CCC1CCC1. The molecule has 0 atom stereocenters. The average Bonchev–Trinajstić information content (AvgIpc) is 2.74. The van der Waals surface area contributed by atoms with E-state index in [4.69, 9.17) is 5.11 Å². The second-order valence-electron chi connectivity index (χ2n) is 5.63. The van der Waals surface area contributed by atoms with Crippen LogP contribution in [0.25, 0.3) is 11.0 Å². The molecule has 0 aliphatic heterocycles. The van der Waals surface area contributed by atoms with Crippen molar-refractivity contribution in [2.24, 2.45) is 5.92 Å². The van der Waals surface area contributed by atoms with Crippen molar-refractivity contribution in [3.8, 4) is 0 Å². The van der Waals surface area contributed by atoms with E-state index in [1.165, 1.54) is 25.7 Å². The number of hydrogen-bond donors (Lipinski definition) is 1. The minimum Gasteiger partial charge on any atom is -0.478 e. The van der Waals surface area contributed by atoms with Crippen molar-refractivity contribution in [1.82, 2.24) is 9.55 Å². The van der Waals surface area contributed by atoms with Gasteiger partial charge in [0, 0.05) is 13.0 Å². The summed E-state index contributed by atoms with van der Waals surface area (Å²) in [6.45, 7) is 3.05. The van der Waals surface area contributed by atoms with Gasteiger partial charge in [0.2, 0.25) is 0 Å². The van der Waals surface area contributed by atoms with Crippen LogP contribution in [-0.4, -0.2) is 20.6 Å². The Morgan fingerprint density at radius 1 is 1.45 bits per heavy atom. The molecule has 106 valence electrons. The van der Waals surface area contributed by atoms with Gasteiger partial charge in [0.15, 0.2) is 0 Å².